The average Bonchev–Trinajstić information content (AvgIpc) is 2.69. The van der Waals surface area contributed by atoms with Crippen LogP contribution in [0.2, 0.25) is 0 Å². The summed E-state index contributed by atoms with van der Waals surface area (Å²) in [4.78, 5) is 12.3. The normalized spacial score (nSPS) is 28.4. The zero-order valence-electron chi connectivity index (χ0n) is 16.4. The van der Waals surface area contributed by atoms with E-state index in [1.165, 1.54) is 0 Å². The van der Waals surface area contributed by atoms with Crippen molar-refractivity contribution < 1.29 is 19.7 Å². The van der Waals surface area contributed by atoms with Gasteiger partial charge in [-0.15, -0.1) is 0 Å². The fourth-order valence-corrected chi connectivity index (χ4v) is 3.18. The standard InChI is InChI=1S/C21H36O4/c1-15(2)17(4)13-19(23)16(3)7-6-11-21(5)20(24)9-8-18(10-12-22)14-25-21/h10,16-17,20,22,24H,1,6-9,11-14H2,2-5H3. The van der Waals surface area contributed by atoms with Gasteiger partial charge in [-0.25, -0.2) is 0 Å². The lowest BCUT2D eigenvalue weighted by Crippen LogP contribution is -2.41. The molecule has 1 aliphatic rings. The summed E-state index contributed by atoms with van der Waals surface area (Å²) in [6.07, 6.45) is 5.59. The second-order valence-corrected chi connectivity index (χ2v) is 7.91. The Morgan fingerprint density at radius 2 is 2.12 bits per heavy atom. The summed E-state index contributed by atoms with van der Waals surface area (Å²) >= 11 is 0. The van der Waals surface area contributed by atoms with E-state index >= 15 is 0 Å². The highest BCUT2D eigenvalue weighted by atomic mass is 16.5. The van der Waals surface area contributed by atoms with Crippen molar-refractivity contribution >= 4 is 5.78 Å². The van der Waals surface area contributed by atoms with Crippen LogP contribution in [0.15, 0.2) is 23.8 Å². The van der Waals surface area contributed by atoms with Crippen LogP contribution in [0.1, 0.15) is 66.2 Å². The Morgan fingerprint density at radius 1 is 1.44 bits per heavy atom. The summed E-state index contributed by atoms with van der Waals surface area (Å²) in [5, 5.41) is 19.5. The number of rotatable bonds is 9. The van der Waals surface area contributed by atoms with Crippen LogP contribution in [0.25, 0.3) is 0 Å². The lowest BCUT2D eigenvalue weighted by atomic mass is 9.86. The van der Waals surface area contributed by atoms with Gasteiger partial charge < -0.3 is 14.9 Å². The van der Waals surface area contributed by atoms with Crippen LogP contribution in [0.5, 0.6) is 0 Å². The highest BCUT2D eigenvalue weighted by Gasteiger charge is 2.36. The lowest BCUT2D eigenvalue weighted by molar-refractivity contribution is -0.123. The minimum absolute atomic E-state index is 0.00767. The molecule has 0 radical (unpaired) electrons. The first-order valence-electron chi connectivity index (χ1n) is 9.48. The molecule has 1 fully saturated rings. The van der Waals surface area contributed by atoms with Crippen molar-refractivity contribution in [1.82, 2.24) is 0 Å². The first kappa shape index (κ1) is 22.1. The summed E-state index contributed by atoms with van der Waals surface area (Å²) in [6.45, 7) is 12.3. The Morgan fingerprint density at radius 3 is 2.72 bits per heavy atom. The molecule has 2 N–H and O–H groups in total. The van der Waals surface area contributed by atoms with Gasteiger partial charge in [-0.05, 0) is 57.4 Å². The molecule has 0 spiro atoms. The zero-order chi connectivity index (χ0) is 19.0. The van der Waals surface area contributed by atoms with Gasteiger partial charge in [-0.2, -0.15) is 0 Å². The predicted octanol–water partition coefficient (Wildman–Crippen LogP) is 3.81. The molecule has 4 nitrogen and oxygen atoms in total. The number of ether oxygens (including phenoxy) is 1. The van der Waals surface area contributed by atoms with Gasteiger partial charge in [0.25, 0.3) is 0 Å². The van der Waals surface area contributed by atoms with E-state index in [1.807, 2.05) is 27.7 Å². The van der Waals surface area contributed by atoms with Gasteiger partial charge in [0.05, 0.1) is 24.9 Å². The molecule has 1 saturated heterocycles. The Labute approximate surface area is 153 Å². The van der Waals surface area contributed by atoms with Gasteiger partial charge in [-0.1, -0.05) is 32.1 Å². The van der Waals surface area contributed by atoms with Crippen LogP contribution in [-0.4, -0.2) is 40.9 Å². The largest absolute Gasteiger partial charge is 0.392 e. The van der Waals surface area contributed by atoms with E-state index in [9.17, 15) is 9.90 Å². The van der Waals surface area contributed by atoms with Crippen molar-refractivity contribution in [3.63, 3.8) is 0 Å². The van der Waals surface area contributed by atoms with Gasteiger partial charge in [0, 0.05) is 12.3 Å². The topological polar surface area (TPSA) is 66.8 Å². The van der Waals surface area contributed by atoms with Gasteiger partial charge in [0.1, 0.15) is 5.78 Å². The highest BCUT2D eigenvalue weighted by Crippen LogP contribution is 2.32. The zero-order valence-corrected chi connectivity index (χ0v) is 16.4. The summed E-state index contributed by atoms with van der Waals surface area (Å²) < 4.78 is 5.98. The van der Waals surface area contributed by atoms with E-state index in [1.54, 1.807) is 6.08 Å². The molecule has 0 aromatic carbocycles. The van der Waals surface area contributed by atoms with Crippen LogP contribution < -0.4 is 0 Å². The second-order valence-electron chi connectivity index (χ2n) is 7.91. The Hall–Kier alpha value is -0.970. The molecular weight excluding hydrogens is 316 g/mol. The Kier molecular flexibility index (Phi) is 9.04. The average molecular weight is 353 g/mol. The first-order chi connectivity index (χ1) is 11.7. The van der Waals surface area contributed by atoms with Crippen molar-refractivity contribution in [2.45, 2.75) is 77.9 Å². The molecule has 144 valence electrons. The van der Waals surface area contributed by atoms with Gasteiger partial charge in [-0.3, -0.25) is 4.79 Å². The maximum Gasteiger partial charge on any atom is 0.136 e. The van der Waals surface area contributed by atoms with Crippen molar-refractivity contribution in [3.8, 4) is 0 Å². The third-order valence-electron chi connectivity index (χ3n) is 5.62. The molecule has 1 aliphatic heterocycles. The fraction of sp³-hybridized carbons (Fsp3) is 0.762. The second kappa shape index (κ2) is 10.2. The maximum atomic E-state index is 12.3. The third-order valence-corrected chi connectivity index (χ3v) is 5.62. The number of carbonyl (C=O) groups is 1. The number of carbonyl (C=O) groups excluding carboxylic acids is 1. The number of aliphatic hydroxyl groups is 2. The van der Waals surface area contributed by atoms with Gasteiger partial charge >= 0.3 is 0 Å². The van der Waals surface area contributed by atoms with Crippen LogP contribution >= 0.6 is 0 Å². The van der Waals surface area contributed by atoms with E-state index in [2.05, 4.69) is 6.58 Å². The molecule has 0 aromatic rings. The molecule has 4 unspecified atom stereocenters. The Bertz CT molecular complexity index is 482. The molecule has 0 saturated carbocycles. The maximum absolute atomic E-state index is 12.3. The predicted molar refractivity (Wildman–Crippen MR) is 101 cm³/mol. The minimum atomic E-state index is -0.585. The van der Waals surface area contributed by atoms with E-state index in [-0.39, 0.29) is 24.2 Å². The van der Waals surface area contributed by atoms with Crippen LogP contribution in [-0.2, 0) is 9.53 Å². The molecule has 0 aliphatic carbocycles. The summed E-state index contributed by atoms with van der Waals surface area (Å²) in [7, 11) is 0. The van der Waals surface area contributed by atoms with Crippen molar-refractivity contribution in [2.24, 2.45) is 11.8 Å². The molecular formula is C21H36O4. The number of hydrogen-bond acceptors (Lipinski definition) is 4. The fourth-order valence-electron chi connectivity index (χ4n) is 3.18. The monoisotopic (exact) mass is 352 g/mol. The van der Waals surface area contributed by atoms with Gasteiger partial charge in [0.2, 0.25) is 0 Å². The van der Waals surface area contributed by atoms with E-state index in [0.717, 1.165) is 36.8 Å². The lowest BCUT2D eigenvalue weighted by Gasteiger charge is -2.33. The molecule has 25 heavy (non-hydrogen) atoms. The molecule has 1 rings (SSSR count). The molecule has 0 amide bonds. The summed E-state index contributed by atoms with van der Waals surface area (Å²) in [5.41, 5.74) is 1.51. The molecule has 0 aromatic heterocycles. The highest BCUT2D eigenvalue weighted by molar-refractivity contribution is 5.81. The van der Waals surface area contributed by atoms with E-state index < -0.39 is 11.7 Å². The quantitative estimate of drug-likeness (QED) is 0.619. The van der Waals surface area contributed by atoms with E-state index in [4.69, 9.17) is 9.84 Å². The first-order valence-corrected chi connectivity index (χ1v) is 9.48. The van der Waals surface area contributed by atoms with E-state index in [0.29, 0.717) is 19.4 Å². The third kappa shape index (κ3) is 7.04. The number of allylic oxidation sites excluding steroid dienone is 1. The SMILES string of the molecule is C=C(C)C(C)CC(=O)C(C)CCCC1(C)OCC(=CCO)CCC1O. The number of aliphatic hydroxyl groups excluding tert-OH is 2. The van der Waals surface area contributed by atoms with Crippen LogP contribution in [0, 0.1) is 11.8 Å². The van der Waals surface area contributed by atoms with Crippen LogP contribution in [0.3, 0.4) is 0 Å². The molecule has 1 heterocycles. The van der Waals surface area contributed by atoms with Crippen molar-refractivity contribution in [1.29, 1.82) is 0 Å². The summed E-state index contributed by atoms with van der Waals surface area (Å²) in [6, 6.07) is 0. The van der Waals surface area contributed by atoms with Crippen molar-refractivity contribution in [2.75, 3.05) is 13.2 Å². The number of ketones is 1. The van der Waals surface area contributed by atoms with Crippen LogP contribution in [0.4, 0.5) is 0 Å². The van der Waals surface area contributed by atoms with Gasteiger partial charge in [0.15, 0.2) is 0 Å². The minimum Gasteiger partial charge on any atom is -0.392 e. The smallest absolute Gasteiger partial charge is 0.136 e. The molecule has 4 heteroatoms. The number of hydrogen-bond donors (Lipinski definition) is 2. The number of Topliss-reactive ketones (excluding diaryl/α,β-unsaturated/α-hetero) is 1. The molecule has 0 bridgehead atoms. The Balaban J connectivity index is 2.49. The molecule has 4 atom stereocenters. The summed E-state index contributed by atoms with van der Waals surface area (Å²) in [5.74, 6) is 0.547. The van der Waals surface area contributed by atoms with Crippen molar-refractivity contribution in [3.05, 3.63) is 23.8 Å².